The predicted octanol–water partition coefficient (Wildman–Crippen LogP) is 2.01. The number of thioether (sulfide) groups is 1. The molecule has 0 aromatic carbocycles. The lowest BCUT2D eigenvalue weighted by Crippen LogP contribution is -1.99. The highest BCUT2D eigenvalue weighted by atomic mass is 35.5. The normalized spacial score (nSPS) is 10.6. The largest absolute Gasteiger partial charge is 0.384 e. The second-order valence-electron chi connectivity index (χ2n) is 2.72. The van der Waals surface area contributed by atoms with Gasteiger partial charge < -0.3 is 9.47 Å². The maximum Gasteiger partial charge on any atom is 0.156 e. The van der Waals surface area contributed by atoms with Gasteiger partial charge in [0.15, 0.2) is 5.82 Å². The molecule has 0 aliphatic rings. The van der Waals surface area contributed by atoms with Crippen LogP contribution in [0.4, 0.5) is 0 Å². The maximum absolute atomic E-state index is 5.85. The number of methoxy groups -OCH3 is 2. The van der Waals surface area contributed by atoms with Crippen molar-refractivity contribution in [1.29, 1.82) is 0 Å². The molecular weight excluding hydrogens is 236 g/mol. The van der Waals surface area contributed by atoms with E-state index in [4.69, 9.17) is 21.1 Å². The lowest BCUT2D eigenvalue weighted by atomic mass is 10.6. The zero-order valence-corrected chi connectivity index (χ0v) is 10.3. The quantitative estimate of drug-likeness (QED) is 0.438. The molecule has 0 aliphatic heterocycles. The fraction of sp³-hybridized carbons (Fsp3) is 0.556. The highest BCUT2D eigenvalue weighted by molar-refractivity contribution is 7.99. The molecular formula is C9H13ClN2O2S. The lowest BCUT2D eigenvalue weighted by Gasteiger charge is -2.03. The van der Waals surface area contributed by atoms with Gasteiger partial charge in [0, 0.05) is 26.0 Å². The monoisotopic (exact) mass is 248 g/mol. The first kappa shape index (κ1) is 12.7. The van der Waals surface area contributed by atoms with Crippen molar-refractivity contribution >= 4 is 23.4 Å². The van der Waals surface area contributed by atoms with Crippen molar-refractivity contribution < 1.29 is 9.47 Å². The summed E-state index contributed by atoms with van der Waals surface area (Å²) in [6, 6.07) is 1.74. The molecule has 0 aliphatic carbocycles. The summed E-state index contributed by atoms with van der Waals surface area (Å²) in [7, 11) is 3.27. The topological polar surface area (TPSA) is 44.2 Å². The molecule has 0 radical (unpaired) electrons. The van der Waals surface area contributed by atoms with Crippen LogP contribution in [-0.2, 0) is 16.1 Å². The summed E-state index contributed by atoms with van der Waals surface area (Å²) in [5, 5.41) is 1.29. The van der Waals surface area contributed by atoms with Crippen molar-refractivity contribution in [2.45, 2.75) is 11.6 Å². The van der Waals surface area contributed by atoms with E-state index in [-0.39, 0.29) is 0 Å². The number of ether oxygens (including phenoxy) is 2. The third kappa shape index (κ3) is 4.79. The molecule has 6 heteroatoms. The Morgan fingerprint density at radius 3 is 2.80 bits per heavy atom. The minimum absolute atomic E-state index is 0.373. The number of rotatable bonds is 6. The van der Waals surface area contributed by atoms with Crippen molar-refractivity contribution in [3.63, 3.8) is 0 Å². The second kappa shape index (κ2) is 7.00. The van der Waals surface area contributed by atoms with E-state index in [9.17, 15) is 0 Å². The van der Waals surface area contributed by atoms with E-state index in [2.05, 4.69) is 9.97 Å². The molecule has 0 spiro atoms. The fourth-order valence-corrected chi connectivity index (χ4v) is 2.03. The van der Waals surface area contributed by atoms with Crippen molar-refractivity contribution in [3.05, 3.63) is 17.0 Å². The number of nitrogens with zero attached hydrogens (tertiary/aromatic N) is 2. The number of halogens is 1. The second-order valence-corrected chi connectivity index (χ2v) is 4.22. The SMILES string of the molecule is COCCSc1cc(Cl)nc(COC)n1. The van der Waals surface area contributed by atoms with Crippen LogP contribution in [0.15, 0.2) is 11.1 Å². The van der Waals surface area contributed by atoms with Crippen LogP contribution < -0.4 is 0 Å². The molecule has 0 saturated carbocycles. The van der Waals surface area contributed by atoms with E-state index in [0.717, 1.165) is 10.8 Å². The molecule has 0 atom stereocenters. The third-order valence-corrected chi connectivity index (χ3v) is 2.60. The van der Waals surface area contributed by atoms with Gasteiger partial charge >= 0.3 is 0 Å². The molecule has 0 N–H and O–H groups in total. The number of hydrogen-bond donors (Lipinski definition) is 0. The average Bonchev–Trinajstić information content (AvgIpc) is 2.18. The van der Waals surface area contributed by atoms with Gasteiger partial charge in [-0.25, -0.2) is 9.97 Å². The Hall–Kier alpha value is -0.360. The van der Waals surface area contributed by atoms with Crippen LogP contribution in [0.1, 0.15) is 5.82 Å². The summed E-state index contributed by atoms with van der Waals surface area (Å²) in [4.78, 5) is 8.32. The first-order valence-corrected chi connectivity index (χ1v) is 5.76. The summed E-state index contributed by atoms with van der Waals surface area (Å²) >= 11 is 7.43. The van der Waals surface area contributed by atoms with Crippen LogP contribution in [0.25, 0.3) is 0 Å². The van der Waals surface area contributed by atoms with Gasteiger partial charge in [-0.15, -0.1) is 11.8 Å². The Kier molecular flexibility index (Phi) is 5.93. The van der Waals surface area contributed by atoms with Crippen LogP contribution in [0.5, 0.6) is 0 Å². The molecule has 1 aromatic rings. The Labute approximate surface area is 98.3 Å². The molecule has 1 rings (SSSR count). The summed E-state index contributed by atoms with van der Waals surface area (Å²) < 4.78 is 9.90. The van der Waals surface area contributed by atoms with E-state index in [1.165, 1.54) is 0 Å². The lowest BCUT2D eigenvalue weighted by molar-refractivity contribution is 0.177. The van der Waals surface area contributed by atoms with E-state index >= 15 is 0 Å². The van der Waals surface area contributed by atoms with Gasteiger partial charge in [-0.2, -0.15) is 0 Å². The van der Waals surface area contributed by atoms with Crippen LogP contribution in [0.3, 0.4) is 0 Å². The van der Waals surface area contributed by atoms with Gasteiger partial charge in [0.2, 0.25) is 0 Å². The van der Waals surface area contributed by atoms with Crippen LogP contribution in [0, 0.1) is 0 Å². The summed E-state index contributed by atoms with van der Waals surface area (Å²) in [6.45, 7) is 1.06. The standard InChI is InChI=1S/C9H13ClN2O2S/c1-13-3-4-15-9-5-7(10)11-8(12-9)6-14-2/h5H,3-4,6H2,1-2H3. The van der Waals surface area contributed by atoms with Gasteiger partial charge in [-0.3, -0.25) is 0 Å². The molecule has 15 heavy (non-hydrogen) atoms. The first-order valence-electron chi connectivity index (χ1n) is 4.40. The molecule has 84 valence electrons. The Morgan fingerprint density at radius 1 is 1.33 bits per heavy atom. The highest BCUT2D eigenvalue weighted by Gasteiger charge is 2.03. The zero-order chi connectivity index (χ0) is 11.1. The first-order chi connectivity index (χ1) is 7.26. The minimum atomic E-state index is 0.373. The van der Waals surface area contributed by atoms with Gasteiger partial charge in [0.1, 0.15) is 16.8 Å². The van der Waals surface area contributed by atoms with Crippen molar-refractivity contribution in [3.8, 4) is 0 Å². The smallest absolute Gasteiger partial charge is 0.156 e. The molecule has 1 heterocycles. The average molecular weight is 249 g/mol. The zero-order valence-electron chi connectivity index (χ0n) is 8.70. The van der Waals surface area contributed by atoms with Gasteiger partial charge in [0.05, 0.1) is 6.61 Å². The minimum Gasteiger partial charge on any atom is -0.384 e. The summed E-state index contributed by atoms with van der Waals surface area (Å²) in [5.41, 5.74) is 0. The molecule has 1 aromatic heterocycles. The number of aromatic nitrogens is 2. The van der Waals surface area contributed by atoms with E-state index in [0.29, 0.717) is 24.2 Å². The Bertz CT molecular complexity index is 312. The predicted molar refractivity (Wildman–Crippen MR) is 60.4 cm³/mol. The molecule has 0 bridgehead atoms. The molecule has 0 saturated heterocycles. The Morgan fingerprint density at radius 2 is 2.13 bits per heavy atom. The van der Waals surface area contributed by atoms with Gasteiger partial charge in [0.25, 0.3) is 0 Å². The molecule has 0 amide bonds. The Balaban J connectivity index is 2.62. The molecule has 0 fully saturated rings. The highest BCUT2D eigenvalue weighted by Crippen LogP contribution is 2.18. The van der Waals surface area contributed by atoms with Crippen LogP contribution in [-0.4, -0.2) is 36.5 Å². The van der Waals surface area contributed by atoms with Crippen molar-refractivity contribution in [1.82, 2.24) is 9.97 Å². The molecule has 0 unspecified atom stereocenters. The van der Waals surface area contributed by atoms with Gasteiger partial charge in [-0.1, -0.05) is 11.6 Å². The van der Waals surface area contributed by atoms with E-state index in [1.54, 1.807) is 32.0 Å². The van der Waals surface area contributed by atoms with Crippen LogP contribution >= 0.6 is 23.4 Å². The summed E-state index contributed by atoms with van der Waals surface area (Å²) in [6.07, 6.45) is 0. The van der Waals surface area contributed by atoms with E-state index in [1.807, 2.05) is 0 Å². The van der Waals surface area contributed by atoms with Crippen LogP contribution in [0.2, 0.25) is 5.15 Å². The maximum atomic E-state index is 5.85. The summed E-state index contributed by atoms with van der Waals surface area (Å²) in [5.74, 6) is 1.45. The van der Waals surface area contributed by atoms with Gasteiger partial charge in [-0.05, 0) is 0 Å². The number of hydrogen-bond acceptors (Lipinski definition) is 5. The van der Waals surface area contributed by atoms with Crippen molar-refractivity contribution in [2.75, 3.05) is 26.6 Å². The third-order valence-electron chi connectivity index (χ3n) is 1.53. The van der Waals surface area contributed by atoms with Crippen molar-refractivity contribution in [2.24, 2.45) is 0 Å². The fourth-order valence-electron chi connectivity index (χ4n) is 0.939. The van der Waals surface area contributed by atoms with E-state index < -0.39 is 0 Å². The molecule has 4 nitrogen and oxygen atoms in total.